The first-order valence-corrected chi connectivity index (χ1v) is 6.52. The van der Waals surface area contributed by atoms with Gasteiger partial charge in [-0.15, -0.1) is 0 Å². The van der Waals surface area contributed by atoms with Crippen LogP contribution < -0.4 is 22.8 Å². The molecule has 0 spiro atoms. The van der Waals surface area contributed by atoms with E-state index in [-0.39, 0.29) is 5.56 Å². The second-order valence-corrected chi connectivity index (χ2v) is 4.90. The molecule has 0 aliphatic rings. The summed E-state index contributed by atoms with van der Waals surface area (Å²) in [5, 5.41) is 0.495. The van der Waals surface area contributed by atoms with Gasteiger partial charge in [-0.25, -0.2) is 9.97 Å². The van der Waals surface area contributed by atoms with Crippen LogP contribution in [0.3, 0.4) is 0 Å². The highest BCUT2D eigenvalue weighted by atomic mass is 32.2. The van der Waals surface area contributed by atoms with Crippen LogP contribution in [0.4, 0.5) is 17.3 Å². The molecular weight excluding hydrogens is 264 g/mol. The summed E-state index contributed by atoms with van der Waals surface area (Å²) in [5.74, 6) is 1.28. The number of pyridine rings is 1. The SMILES string of the molecule is Nc1ccc(=O)n(CCSc2nc(N)cc(N)n2)c1. The molecule has 2 aromatic rings. The van der Waals surface area contributed by atoms with E-state index < -0.39 is 0 Å². The molecule has 0 radical (unpaired) electrons. The lowest BCUT2D eigenvalue weighted by Crippen LogP contribution is -2.20. The molecule has 6 N–H and O–H groups in total. The van der Waals surface area contributed by atoms with E-state index in [1.807, 2.05) is 0 Å². The van der Waals surface area contributed by atoms with Gasteiger partial charge in [0.25, 0.3) is 5.56 Å². The largest absolute Gasteiger partial charge is 0.398 e. The first-order chi connectivity index (χ1) is 9.04. The first-order valence-electron chi connectivity index (χ1n) is 5.53. The average Bonchev–Trinajstić information content (AvgIpc) is 2.32. The Morgan fingerprint density at radius 1 is 1.16 bits per heavy atom. The molecular formula is C11H14N6OS. The van der Waals surface area contributed by atoms with Crippen molar-refractivity contribution in [2.24, 2.45) is 0 Å². The van der Waals surface area contributed by atoms with Gasteiger partial charge >= 0.3 is 0 Å². The number of nitrogens with zero attached hydrogens (tertiary/aromatic N) is 3. The minimum Gasteiger partial charge on any atom is -0.398 e. The molecule has 0 saturated heterocycles. The van der Waals surface area contributed by atoms with Crippen molar-refractivity contribution in [3.05, 3.63) is 34.7 Å². The Morgan fingerprint density at radius 2 is 1.84 bits per heavy atom. The molecule has 0 aliphatic carbocycles. The van der Waals surface area contributed by atoms with Crippen molar-refractivity contribution in [1.29, 1.82) is 0 Å². The number of aryl methyl sites for hydroxylation is 1. The Bertz CT molecular complexity index is 621. The van der Waals surface area contributed by atoms with Crippen LogP contribution in [0.5, 0.6) is 0 Å². The average molecular weight is 278 g/mol. The molecule has 19 heavy (non-hydrogen) atoms. The van der Waals surface area contributed by atoms with Crippen molar-refractivity contribution in [2.45, 2.75) is 11.7 Å². The van der Waals surface area contributed by atoms with Gasteiger partial charge in [0.15, 0.2) is 5.16 Å². The number of anilines is 3. The highest BCUT2D eigenvalue weighted by Crippen LogP contribution is 2.16. The van der Waals surface area contributed by atoms with Crippen LogP contribution in [0, 0.1) is 0 Å². The Hall–Kier alpha value is -2.22. The number of hydrogen-bond donors (Lipinski definition) is 3. The molecule has 0 bridgehead atoms. The van der Waals surface area contributed by atoms with Crippen molar-refractivity contribution in [1.82, 2.24) is 14.5 Å². The summed E-state index contributed by atoms with van der Waals surface area (Å²) in [6, 6.07) is 4.51. The molecule has 2 rings (SSSR count). The number of aromatic nitrogens is 3. The quantitative estimate of drug-likeness (QED) is 0.537. The molecule has 2 aromatic heterocycles. The third kappa shape index (κ3) is 3.62. The highest BCUT2D eigenvalue weighted by Gasteiger charge is 2.02. The Labute approximate surface area is 113 Å². The number of nitrogens with two attached hydrogens (primary N) is 3. The van der Waals surface area contributed by atoms with E-state index in [4.69, 9.17) is 17.2 Å². The summed E-state index contributed by atoms with van der Waals surface area (Å²) in [7, 11) is 0. The molecule has 0 aromatic carbocycles. The van der Waals surface area contributed by atoms with Gasteiger partial charge in [0.1, 0.15) is 11.6 Å². The molecule has 8 heteroatoms. The first kappa shape index (κ1) is 13.2. The van der Waals surface area contributed by atoms with Gasteiger partial charge in [-0.2, -0.15) is 0 Å². The maximum Gasteiger partial charge on any atom is 0.250 e. The molecule has 0 aliphatic heterocycles. The number of thioether (sulfide) groups is 1. The molecule has 0 fully saturated rings. The standard InChI is InChI=1S/C11H14N6OS/c12-7-1-2-10(18)17(6-7)3-4-19-11-15-8(13)5-9(14)16-11/h1-2,5-6H,3-4,12H2,(H4,13,14,15,16). The number of rotatable bonds is 4. The maximum absolute atomic E-state index is 11.5. The number of hydrogen-bond acceptors (Lipinski definition) is 7. The smallest absolute Gasteiger partial charge is 0.250 e. The van der Waals surface area contributed by atoms with E-state index in [0.29, 0.717) is 34.8 Å². The third-order valence-electron chi connectivity index (χ3n) is 2.31. The van der Waals surface area contributed by atoms with Gasteiger partial charge in [-0.05, 0) is 6.07 Å². The Kier molecular flexibility index (Phi) is 3.91. The van der Waals surface area contributed by atoms with E-state index in [2.05, 4.69) is 9.97 Å². The predicted octanol–water partition coefficient (Wildman–Crippen LogP) is 0.177. The fourth-order valence-corrected chi connectivity index (χ4v) is 2.30. The lowest BCUT2D eigenvalue weighted by molar-refractivity contribution is 0.736. The summed E-state index contributed by atoms with van der Waals surface area (Å²) in [5.41, 5.74) is 17.2. The second-order valence-electron chi connectivity index (χ2n) is 3.84. The fourth-order valence-electron chi connectivity index (χ4n) is 1.49. The van der Waals surface area contributed by atoms with Gasteiger partial charge in [0.2, 0.25) is 0 Å². The summed E-state index contributed by atoms with van der Waals surface area (Å²) in [4.78, 5) is 19.6. The monoisotopic (exact) mass is 278 g/mol. The van der Waals surface area contributed by atoms with Crippen molar-refractivity contribution in [3.8, 4) is 0 Å². The zero-order valence-electron chi connectivity index (χ0n) is 10.1. The molecule has 0 atom stereocenters. The summed E-state index contributed by atoms with van der Waals surface area (Å²) in [6.45, 7) is 0.507. The van der Waals surface area contributed by atoms with Crippen LogP contribution in [0.1, 0.15) is 0 Å². The number of nitrogen functional groups attached to an aromatic ring is 3. The Balaban J connectivity index is 2.00. The van der Waals surface area contributed by atoms with Crippen molar-refractivity contribution in [2.75, 3.05) is 23.0 Å². The van der Waals surface area contributed by atoms with Crippen molar-refractivity contribution in [3.63, 3.8) is 0 Å². The fraction of sp³-hybridized carbons (Fsp3) is 0.182. The molecule has 7 nitrogen and oxygen atoms in total. The van der Waals surface area contributed by atoms with Gasteiger partial charge in [-0.1, -0.05) is 11.8 Å². The zero-order chi connectivity index (χ0) is 13.8. The second kappa shape index (κ2) is 5.61. The van der Waals surface area contributed by atoms with Crippen LogP contribution >= 0.6 is 11.8 Å². The van der Waals surface area contributed by atoms with E-state index in [0.717, 1.165) is 0 Å². The van der Waals surface area contributed by atoms with E-state index >= 15 is 0 Å². The lowest BCUT2D eigenvalue weighted by Gasteiger charge is -2.06. The van der Waals surface area contributed by atoms with E-state index in [1.54, 1.807) is 12.3 Å². The van der Waals surface area contributed by atoms with Crippen molar-refractivity contribution < 1.29 is 0 Å². The summed E-state index contributed by atoms with van der Waals surface area (Å²) < 4.78 is 1.54. The molecule has 0 saturated carbocycles. The highest BCUT2D eigenvalue weighted by molar-refractivity contribution is 7.99. The van der Waals surface area contributed by atoms with Crippen LogP contribution in [-0.2, 0) is 6.54 Å². The van der Waals surface area contributed by atoms with E-state index in [1.165, 1.54) is 28.5 Å². The van der Waals surface area contributed by atoms with Crippen LogP contribution in [-0.4, -0.2) is 20.3 Å². The maximum atomic E-state index is 11.5. The van der Waals surface area contributed by atoms with Crippen molar-refractivity contribution >= 4 is 29.1 Å². The lowest BCUT2D eigenvalue weighted by atomic mass is 10.4. The van der Waals surface area contributed by atoms with E-state index in [9.17, 15) is 4.79 Å². The summed E-state index contributed by atoms with van der Waals surface area (Å²) >= 11 is 1.38. The molecule has 2 heterocycles. The van der Waals surface area contributed by atoms with Gasteiger partial charge in [-0.3, -0.25) is 4.79 Å². The molecule has 100 valence electrons. The normalized spacial score (nSPS) is 10.5. The summed E-state index contributed by atoms with van der Waals surface area (Å²) in [6.07, 6.45) is 1.61. The molecule has 0 unspecified atom stereocenters. The minimum atomic E-state index is -0.0946. The minimum absolute atomic E-state index is 0.0946. The topological polar surface area (TPSA) is 126 Å². The Morgan fingerprint density at radius 3 is 2.53 bits per heavy atom. The predicted molar refractivity (Wildman–Crippen MR) is 76.7 cm³/mol. The van der Waals surface area contributed by atoms with Crippen LogP contribution in [0.15, 0.2) is 34.3 Å². The van der Waals surface area contributed by atoms with Gasteiger partial charge in [0.05, 0.1) is 0 Å². The van der Waals surface area contributed by atoms with Gasteiger partial charge in [0, 0.05) is 36.3 Å². The van der Waals surface area contributed by atoms with Gasteiger partial charge < -0.3 is 21.8 Å². The van der Waals surface area contributed by atoms with Crippen LogP contribution in [0.2, 0.25) is 0 Å². The molecule has 0 amide bonds. The zero-order valence-corrected chi connectivity index (χ0v) is 10.9. The van der Waals surface area contributed by atoms with Crippen LogP contribution in [0.25, 0.3) is 0 Å². The third-order valence-corrected chi connectivity index (χ3v) is 3.14.